The lowest BCUT2D eigenvalue weighted by Crippen LogP contribution is -2.16. The second kappa shape index (κ2) is 6.93. The first-order valence-corrected chi connectivity index (χ1v) is 7.63. The van der Waals surface area contributed by atoms with Crippen molar-refractivity contribution in [3.63, 3.8) is 0 Å². The summed E-state index contributed by atoms with van der Waals surface area (Å²) < 4.78 is 12.9. The Hall–Kier alpha value is -2.86. The van der Waals surface area contributed by atoms with Gasteiger partial charge in [0.1, 0.15) is 5.82 Å². The Labute approximate surface area is 136 Å². The maximum Gasteiger partial charge on any atom is 0.281 e. The van der Waals surface area contributed by atoms with Crippen LogP contribution in [0.2, 0.25) is 0 Å². The number of aromatic nitrogens is 1. The number of pyridine rings is 1. The summed E-state index contributed by atoms with van der Waals surface area (Å²) in [6, 6.07) is 13.3. The fraction of sp³-hybridized carbons (Fsp3) is 0. The molecule has 1 N–H and O–H groups in total. The monoisotopic (exact) mass is 325 g/mol. The maximum atomic E-state index is 12.9. The van der Waals surface area contributed by atoms with Crippen molar-refractivity contribution in [1.82, 2.24) is 10.4 Å². The third kappa shape index (κ3) is 3.87. The quantitative estimate of drug-likeness (QED) is 0.587. The standard InChI is InChI=1S/C17H12FN3OS/c18-14-5-3-13(4-6-14)15-7-8-16(23-15)17(22)21-20-11-12-2-1-9-19-10-12/h1-11H,(H,21,22)/b20-11-. The molecule has 2 heterocycles. The van der Waals surface area contributed by atoms with E-state index in [4.69, 9.17) is 0 Å². The number of hydrogen-bond donors (Lipinski definition) is 1. The van der Waals surface area contributed by atoms with Crippen molar-refractivity contribution in [2.45, 2.75) is 0 Å². The smallest absolute Gasteiger partial charge is 0.266 e. The number of nitrogens with zero attached hydrogens (tertiary/aromatic N) is 2. The molecule has 23 heavy (non-hydrogen) atoms. The number of amides is 1. The third-order valence-electron chi connectivity index (χ3n) is 3.02. The van der Waals surface area contributed by atoms with Gasteiger partial charge in [-0.15, -0.1) is 11.3 Å². The van der Waals surface area contributed by atoms with E-state index < -0.39 is 0 Å². The van der Waals surface area contributed by atoms with Crippen LogP contribution < -0.4 is 5.43 Å². The molecule has 0 unspecified atom stereocenters. The molecule has 114 valence electrons. The van der Waals surface area contributed by atoms with E-state index in [2.05, 4.69) is 15.5 Å². The van der Waals surface area contributed by atoms with E-state index in [1.807, 2.05) is 12.1 Å². The van der Waals surface area contributed by atoms with Crippen LogP contribution >= 0.6 is 11.3 Å². The lowest BCUT2D eigenvalue weighted by molar-refractivity contribution is 0.0959. The maximum absolute atomic E-state index is 12.9. The van der Waals surface area contributed by atoms with E-state index in [0.717, 1.165) is 16.0 Å². The van der Waals surface area contributed by atoms with Gasteiger partial charge in [-0.1, -0.05) is 18.2 Å². The Morgan fingerprint density at radius 3 is 2.74 bits per heavy atom. The van der Waals surface area contributed by atoms with E-state index in [-0.39, 0.29) is 11.7 Å². The van der Waals surface area contributed by atoms with Crippen molar-refractivity contribution in [2.75, 3.05) is 0 Å². The summed E-state index contributed by atoms with van der Waals surface area (Å²) in [5.74, 6) is -0.573. The molecule has 1 amide bonds. The zero-order valence-corrected chi connectivity index (χ0v) is 12.8. The largest absolute Gasteiger partial charge is 0.281 e. The van der Waals surface area contributed by atoms with Crippen LogP contribution in [0.15, 0.2) is 66.0 Å². The summed E-state index contributed by atoms with van der Waals surface area (Å²) in [7, 11) is 0. The Balaban J connectivity index is 1.67. The lowest BCUT2D eigenvalue weighted by Gasteiger charge is -1.97. The van der Waals surface area contributed by atoms with Crippen LogP contribution in [0.4, 0.5) is 4.39 Å². The summed E-state index contributed by atoms with van der Waals surface area (Å²) in [6.07, 6.45) is 4.84. The molecule has 4 nitrogen and oxygen atoms in total. The molecule has 0 aliphatic carbocycles. The second-order valence-corrected chi connectivity index (χ2v) is 5.74. The van der Waals surface area contributed by atoms with Crippen molar-refractivity contribution in [3.8, 4) is 10.4 Å². The molecule has 2 aromatic heterocycles. The molecule has 0 atom stereocenters. The highest BCUT2D eigenvalue weighted by atomic mass is 32.1. The molecule has 0 aliphatic rings. The average Bonchev–Trinajstić information content (AvgIpc) is 3.06. The van der Waals surface area contributed by atoms with Gasteiger partial charge < -0.3 is 0 Å². The van der Waals surface area contributed by atoms with Crippen LogP contribution in [0, 0.1) is 5.82 Å². The Morgan fingerprint density at radius 1 is 1.17 bits per heavy atom. The molecular formula is C17H12FN3OS. The van der Waals surface area contributed by atoms with Crippen molar-refractivity contribution >= 4 is 23.5 Å². The second-order valence-electron chi connectivity index (χ2n) is 4.66. The van der Waals surface area contributed by atoms with Gasteiger partial charge in [-0.3, -0.25) is 9.78 Å². The first kappa shape index (κ1) is 15.1. The van der Waals surface area contributed by atoms with Crippen LogP contribution in [0.25, 0.3) is 10.4 Å². The van der Waals surface area contributed by atoms with Gasteiger partial charge in [-0.2, -0.15) is 5.10 Å². The molecule has 0 saturated carbocycles. The normalized spacial score (nSPS) is 10.8. The van der Waals surface area contributed by atoms with Crippen molar-refractivity contribution in [1.29, 1.82) is 0 Å². The lowest BCUT2D eigenvalue weighted by atomic mass is 10.2. The Kier molecular flexibility index (Phi) is 4.54. The van der Waals surface area contributed by atoms with Gasteiger partial charge >= 0.3 is 0 Å². The minimum atomic E-state index is -0.288. The minimum Gasteiger partial charge on any atom is -0.266 e. The number of carbonyl (C=O) groups excluding carboxylic acids is 1. The summed E-state index contributed by atoms with van der Waals surface area (Å²) in [5.41, 5.74) is 4.14. The number of rotatable bonds is 4. The summed E-state index contributed by atoms with van der Waals surface area (Å²) in [6.45, 7) is 0. The van der Waals surface area contributed by atoms with Gasteiger partial charge in [0, 0.05) is 22.8 Å². The molecule has 0 radical (unpaired) electrons. The van der Waals surface area contributed by atoms with E-state index in [0.29, 0.717) is 4.88 Å². The highest BCUT2D eigenvalue weighted by Crippen LogP contribution is 2.28. The average molecular weight is 325 g/mol. The number of hydrazone groups is 1. The zero-order chi connectivity index (χ0) is 16.1. The van der Waals surface area contributed by atoms with Crippen molar-refractivity contribution in [2.24, 2.45) is 5.10 Å². The molecular weight excluding hydrogens is 313 g/mol. The van der Waals surface area contributed by atoms with Crippen LogP contribution in [0.3, 0.4) is 0 Å². The minimum absolute atomic E-state index is 0.284. The molecule has 3 rings (SSSR count). The number of benzene rings is 1. The number of thiophene rings is 1. The Bertz CT molecular complexity index is 829. The third-order valence-corrected chi connectivity index (χ3v) is 4.16. The van der Waals surface area contributed by atoms with Crippen molar-refractivity contribution < 1.29 is 9.18 Å². The van der Waals surface area contributed by atoms with Crippen molar-refractivity contribution in [3.05, 3.63) is 77.2 Å². The molecule has 0 bridgehead atoms. The first-order chi connectivity index (χ1) is 11.2. The molecule has 1 aromatic carbocycles. The van der Waals surface area contributed by atoms with Crippen LogP contribution in [0.5, 0.6) is 0 Å². The van der Waals surface area contributed by atoms with Gasteiger partial charge in [0.15, 0.2) is 0 Å². The molecule has 0 saturated heterocycles. The number of halogens is 1. The van der Waals surface area contributed by atoms with E-state index in [9.17, 15) is 9.18 Å². The molecule has 0 aliphatic heterocycles. The molecule has 0 fully saturated rings. The number of hydrogen-bond acceptors (Lipinski definition) is 4. The predicted molar refractivity (Wildman–Crippen MR) is 89.0 cm³/mol. The summed E-state index contributed by atoms with van der Waals surface area (Å²) in [4.78, 5) is 17.4. The molecule has 0 spiro atoms. The van der Waals surface area contributed by atoms with E-state index in [1.54, 1.807) is 36.7 Å². The summed E-state index contributed by atoms with van der Waals surface area (Å²) >= 11 is 1.33. The van der Waals surface area contributed by atoms with E-state index >= 15 is 0 Å². The van der Waals surface area contributed by atoms with Crippen LogP contribution in [-0.2, 0) is 0 Å². The fourth-order valence-corrected chi connectivity index (χ4v) is 2.80. The van der Waals surface area contributed by atoms with Gasteiger partial charge in [-0.05, 0) is 35.9 Å². The SMILES string of the molecule is O=C(N/N=C\c1cccnc1)c1ccc(-c2ccc(F)cc2)s1. The fourth-order valence-electron chi connectivity index (χ4n) is 1.90. The molecule has 3 aromatic rings. The van der Waals surface area contributed by atoms with Gasteiger partial charge in [0.2, 0.25) is 0 Å². The topological polar surface area (TPSA) is 54.4 Å². The van der Waals surface area contributed by atoms with Crippen LogP contribution in [0.1, 0.15) is 15.2 Å². The summed E-state index contributed by atoms with van der Waals surface area (Å²) in [5, 5.41) is 3.90. The Morgan fingerprint density at radius 2 is 2.00 bits per heavy atom. The number of carbonyl (C=O) groups is 1. The number of nitrogens with one attached hydrogen (secondary N) is 1. The predicted octanol–water partition coefficient (Wildman–Crippen LogP) is 3.71. The van der Waals surface area contributed by atoms with Gasteiger partial charge in [-0.25, -0.2) is 9.82 Å². The van der Waals surface area contributed by atoms with Crippen LogP contribution in [-0.4, -0.2) is 17.1 Å². The van der Waals surface area contributed by atoms with Gasteiger partial charge in [0.05, 0.1) is 11.1 Å². The molecule has 6 heteroatoms. The van der Waals surface area contributed by atoms with Gasteiger partial charge in [0.25, 0.3) is 5.91 Å². The zero-order valence-electron chi connectivity index (χ0n) is 11.9. The first-order valence-electron chi connectivity index (χ1n) is 6.81. The van der Waals surface area contributed by atoms with E-state index in [1.165, 1.54) is 29.7 Å². The highest BCUT2D eigenvalue weighted by molar-refractivity contribution is 7.17. The highest BCUT2D eigenvalue weighted by Gasteiger charge is 2.09.